The van der Waals surface area contributed by atoms with Gasteiger partial charge in [0.2, 0.25) is 0 Å². The number of hydrogen-bond acceptors (Lipinski definition) is 2. The van der Waals surface area contributed by atoms with Gasteiger partial charge in [0.05, 0.1) is 0 Å². The third kappa shape index (κ3) is 5.44. The van der Waals surface area contributed by atoms with Gasteiger partial charge < -0.3 is 10.6 Å². The van der Waals surface area contributed by atoms with Gasteiger partial charge in [0, 0.05) is 28.4 Å². The van der Waals surface area contributed by atoms with Crippen LogP contribution in [0.25, 0.3) is 0 Å². The molecule has 3 aromatic rings. The Hall–Kier alpha value is -3.11. The maximum Gasteiger partial charge on any atom is 0.255 e. The fraction of sp³-hybridized carbons (Fsp3) is 0.130. The van der Waals surface area contributed by atoms with Gasteiger partial charge in [-0.3, -0.25) is 9.59 Å². The van der Waals surface area contributed by atoms with Crippen LogP contribution in [0.2, 0.25) is 5.02 Å². The molecule has 0 atom stereocenters. The van der Waals surface area contributed by atoms with Crippen LogP contribution in [0.3, 0.4) is 0 Å². The van der Waals surface area contributed by atoms with Gasteiger partial charge in [-0.05, 0) is 61.4 Å². The first-order valence-corrected chi connectivity index (χ1v) is 9.40. The van der Waals surface area contributed by atoms with Gasteiger partial charge in [-0.1, -0.05) is 47.5 Å². The average Bonchev–Trinajstić information content (AvgIpc) is 2.71. The molecule has 3 aromatic carbocycles. The average molecular weight is 393 g/mol. The minimum Gasteiger partial charge on any atom is -0.352 e. The monoisotopic (exact) mass is 392 g/mol. The van der Waals surface area contributed by atoms with Crippen molar-refractivity contribution in [2.75, 3.05) is 11.9 Å². The fourth-order valence-corrected chi connectivity index (χ4v) is 2.84. The maximum absolute atomic E-state index is 12.4. The summed E-state index contributed by atoms with van der Waals surface area (Å²) < 4.78 is 0. The van der Waals surface area contributed by atoms with E-state index in [0.29, 0.717) is 34.8 Å². The van der Waals surface area contributed by atoms with Crippen LogP contribution in [0.4, 0.5) is 5.69 Å². The largest absolute Gasteiger partial charge is 0.352 e. The number of aryl methyl sites for hydroxylation is 1. The second-order valence-corrected chi connectivity index (χ2v) is 6.97. The second-order valence-electron chi connectivity index (χ2n) is 6.53. The molecule has 28 heavy (non-hydrogen) atoms. The molecular weight excluding hydrogens is 372 g/mol. The minimum absolute atomic E-state index is 0.209. The molecule has 0 unspecified atom stereocenters. The molecule has 0 aliphatic carbocycles. The fourth-order valence-electron chi connectivity index (χ4n) is 2.72. The summed E-state index contributed by atoms with van der Waals surface area (Å²) >= 11 is 5.87. The molecule has 2 amide bonds. The molecular formula is C23H21ClN2O2. The summed E-state index contributed by atoms with van der Waals surface area (Å²) in [6.45, 7) is 2.49. The molecule has 0 aliphatic rings. The zero-order chi connectivity index (χ0) is 19.9. The zero-order valence-corrected chi connectivity index (χ0v) is 16.3. The highest BCUT2D eigenvalue weighted by molar-refractivity contribution is 6.30. The Balaban J connectivity index is 1.58. The highest BCUT2D eigenvalue weighted by atomic mass is 35.5. The number of anilines is 1. The van der Waals surface area contributed by atoms with Gasteiger partial charge in [0.25, 0.3) is 11.8 Å². The first-order valence-electron chi connectivity index (χ1n) is 9.02. The Morgan fingerprint density at radius 1 is 0.857 bits per heavy atom. The van der Waals surface area contributed by atoms with Crippen molar-refractivity contribution in [3.63, 3.8) is 0 Å². The third-order valence-corrected chi connectivity index (χ3v) is 4.56. The summed E-state index contributed by atoms with van der Waals surface area (Å²) in [5, 5.41) is 6.41. The van der Waals surface area contributed by atoms with E-state index in [0.717, 1.165) is 11.1 Å². The summed E-state index contributed by atoms with van der Waals surface area (Å²) in [7, 11) is 0. The Labute approximate surface area is 169 Å². The molecule has 0 spiro atoms. The van der Waals surface area contributed by atoms with E-state index in [1.807, 2.05) is 55.5 Å². The molecule has 5 heteroatoms. The van der Waals surface area contributed by atoms with Crippen LogP contribution in [0, 0.1) is 6.92 Å². The first kappa shape index (κ1) is 19.6. The standard InChI is InChI=1S/C23H21ClN2O2/c1-16-5-11-21(12-6-16)26-23(28)19-4-2-3-18(15-19)22(27)25-14-13-17-7-9-20(24)10-8-17/h2-12,15H,13-14H2,1H3,(H,25,27)(H,26,28). The van der Waals surface area contributed by atoms with Crippen molar-refractivity contribution in [3.8, 4) is 0 Å². The van der Waals surface area contributed by atoms with Crippen molar-refractivity contribution in [1.29, 1.82) is 0 Å². The first-order chi connectivity index (χ1) is 13.5. The summed E-state index contributed by atoms with van der Waals surface area (Å²) in [4.78, 5) is 24.8. The van der Waals surface area contributed by atoms with Crippen LogP contribution in [0.5, 0.6) is 0 Å². The SMILES string of the molecule is Cc1ccc(NC(=O)c2cccc(C(=O)NCCc3ccc(Cl)cc3)c2)cc1. The zero-order valence-electron chi connectivity index (χ0n) is 15.5. The highest BCUT2D eigenvalue weighted by Gasteiger charge is 2.10. The van der Waals surface area contributed by atoms with Gasteiger partial charge >= 0.3 is 0 Å². The molecule has 0 aliphatic heterocycles. The molecule has 142 valence electrons. The van der Waals surface area contributed by atoms with E-state index < -0.39 is 0 Å². The normalized spacial score (nSPS) is 10.4. The topological polar surface area (TPSA) is 58.2 Å². The lowest BCUT2D eigenvalue weighted by molar-refractivity contribution is 0.0954. The number of carbonyl (C=O) groups is 2. The Bertz CT molecular complexity index is 967. The lowest BCUT2D eigenvalue weighted by Crippen LogP contribution is -2.26. The van der Waals surface area contributed by atoms with Crippen LogP contribution >= 0.6 is 11.6 Å². The number of amides is 2. The van der Waals surface area contributed by atoms with Crippen molar-refractivity contribution in [2.24, 2.45) is 0 Å². The Morgan fingerprint density at radius 3 is 2.18 bits per heavy atom. The lowest BCUT2D eigenvalue weighted by atomic mass is 10.1. The van der Waals surface area contributed by atoms with Crippen molar-refractivity contribution >= 4 is 29.1 Å². The molecule has 4 nitrogen and oxygen atoms in total. The van der Waals surface area contributed by atoms with E-state index in [-0.39, 0.29) is 11.8 Å². The van der Waals surface area contributed by atoms with E-state index in [2.05, 4.69) is 10.6 Å². The predicted octanol–water partition coefficient (Wildman–Crippen LogP) is 4.87. The Kier molecular flexibility index (Phi) is 6.45. The number of nitrogens with one attached hydrogen (secondary N) is 2. The van der Waals surface area contributed by atoms with Gasteiger partial charge in [-0.15, -0.1) is 0 Å². The molecule has 0 radical (unpaired) electrons. The summed E-state index contributed by atoms with van der Waals surface area (Å²) in [6.07, 6.45) is 0.705. The van der Waals surface area contributed by atoms with E-state index in [1.54, 1.807) is 24.3 Å². The van der Waals surface area contributed by atoms with Crippen LogP contribution in [-0.2, 0) is 6.42 Å². The molecule has 0 saturated heterocycles. The minimum atomic E-state index is -0.250. The molecule has 2 N–H and O–H groups in total. The smallest absolute Gasteiger partial charge is 0.255 e. The van der Waals surface area contributed by atoms with Crippen molar-refractivity contribution in [2.45, 2.75) is 13.3 Å². The molecule has 0 bridgehead atoms. The summed E-state index contributed by atoms with van der Waals surface area (Å²) in [5.41, 5.74) is 3.82. The van der Waals surface area contributed by atoms with E-state index in [9.17, 15) is 9.59 Å². The van der Waals surface area contributed by atoms with E-state index in [1.165, 1.54) is 0 Å². The number of halogens is 1. The van der Waals surface area contributed by atoms with E-state index >= 15 is 0 Å². The molecule has 0 aromatic heterocycles. The van der Waals surface area contributed by atoms with Gasteiger partial charge in [-0.2, -0.15) is 0 Å². The summed E-state index contributed by atoms with van der Waals surface area (Å²) in [6, 6.07) is 21.8. The van der Waals surface area contributed by atoms with Gasteiger partial charge in [0.15, 0.2) is 0 Å². The van der Waals surface area contributed by atoms with Gasteiger partial charge in [0.1, 0.15) is 0 Å². The molecule has 0 fully saturated rings. The van der Waals surface area contributed by atoms with Gasteiger partial charge in [-0.25, -0.2) is 0 Å². The number of benzene rings is 3. The lowest BCUT2D eigenvalue weighted by Gasteiger charge is -2.08. The van der Waals surface area contributed by atoms with Crippen LogP contribution in [-0.4, -0.2) is 18.4 Å². The number of hydrogen-bond donors (Lipinski definition) is 2. The Morgan fingerprint density at radius 2 is 1.50 bits per heavy atom. The van der Waals surface area contributed by atoms with Crippen LogP contribution in [0.1, 0.15) is 31.8 Å². The maximum atomic E-state index is 12.4. The van der Waals surface area contributed by atoms with E-state index in [4.69, 9.17) is 11.6 Å². The molecule has 0 saturated carbocycles. The second kappa shape index (κ2) is 9.20. The third-order valence-electron chi connectivity index (χ3n) is 4.31. The van der Waals surface area contributed by atoms with Crippen LogP contribution < -0.4 is 10.6 Å². The predicted molar refractivity (Wildman–Crippen MR) is 113 cm³/mol. The molecule has 3 rings (SSSR count). The van der Waals surface area contributed by atoms with Crippen LogP contribution in [0.15, 0.2) is 72.8 Å². The highest BCUT2D eigenvalue weighted by Crippen LogP contribution is 2.13. The van der Waals surface area contributed by atoms with Crippen molar-refractivity contribution in [1.82, 2.24) is 5.32 Å². The number of carbonyl (C=O) groups excluding carboxylic acids is 2. The van der Waals surface area contributed by atoms with Crippen molar-refractivity contribution < 1.29 is 9.59 Å². The molecule has 0 heterocycles. The van der Waals surface area contributed by atoms with Crippen molar-refractivity contribution in [3.05, 3.63) is 100 Å². The number of rotatable bonds is 6. The summed E-state index contributed by atoms with van der Waals surface area (Å²) in [5.74, 6) is -0.460. The quantitative estimate of drug-likeness (QED) is 0.628.